The van der Waals surface area contributed by atoms with Gasteiger partial charge in [-0.3, -0.25) is 4.79 Å². The molecule has 9 heteroatoms. The number of benzene rings is 1. The highest BCUT2D eigenvalue weighted by atomic mass is 32.1. The van der Waals surface area contributed by atoms with Gasteiger partial charge in [-0.25, -0.2) is 9.78 Å². The lowest BCUT2D eigenvalue weighted by Gasteiger charge is -2.49. The van der Waals surface area contributed by atoms with Crippen LogP contribution in [-0.2, 0) is 10.3 Å². The van der Waals surface area contributed by atoms with Crippen LogP contribution in [0.4, 0.5) is 10.6 Å². The minimum absolute atomic E-state index is 0.0252. The Balaban J connectivity index is 1.28. The van der Waals surface area contributed by atoms with Gasteiger partial charge in [-0.15, -0.1) is 0 Å². The Morgan fingerprint density at radius 2 is 1.79 bits per heavy atom. The summed E-state index contributed by atoms with van der Waals surface area (Å²) in [6.45, 7) is 1.82. The second kappa shape index (κ2) is 10.7. The first kappa shape index (κ1) is 27.3. The van der Waals surface area contributed by atoms with Gasteiger partial charge in [0.15, 0.2) is 0 Å². The maximum atomic E-state index is 12.9. The Morgan fingerprint density at radius 1 is 1.10 bits per heavy atom. The maximum absolute atomic E-state index is 12.9. The number of nitrogens with two attached hydrogens (primary N) is 1. The van der Waals surface area contributed by atoms with Gasteiger partial charge in [-0.1, -0.05) is 24.3 Å². The predicted molar refractivity (Wildman–Crippen MR) is 153 cm³/mol. The van der Waals surface area contributed by atoms with Crippen LogP contribution in [0.1, 0.15) is 57.4 Å². The first-order chi connectivity index (χ1) is 18.5. The second-order valence-corrected chi connectivity index (χ2v) is 12.3. The van der Waals surface area contributed by atoms with Crippen LogP contribution >= 0.6 is 11.3 Å². The van der Waals surface area contributed by atoms with Crippen LogP contribution in [0.3, 0.4) is 0 Å². The third-order valence-electron chi connectivity index (χ3n) is 8.31. The zero-order valence-electron chi connectivity index (χ0n) is 22.4. The molecule has 2 amide bonds. The Bertz CT molecular complexity index is 1320. The molecule has 39 heavy (non-hydrogen) atoms. The standard InChI is InChI=1S/C30H36N4O4S/c1-29(38)17-30(31,18-29)22-7-5-20(6-8-22)25-15-32-26(14-24(25)21-11-12-39-16-21)33-27(35)13-19-3-9-23(10-4-19)34(2)28(36)37/h5-8,11-12,14-16,19,23,38H,3-4,9-10,13,17-18,31H2,1-2H3,(H,36,37)(H,32,33,35)/t19-,23-,29-,30-. The number of aromatic nitrogens is 1. The molecule has 0 atom stereocenters. The number of carbonyl (C=O) groups excluding carboxylic acids is 1. The minimum atomic E-state index is -0.904. The summed E-state index contributed by atoms with van der Waals surface area (Å²) < 4.78 is 0. The molecule has 0 bridgehead atoms. The van der Waals surface area contributed by atoms with E-state index in [2.05, 4.69) is 21.7 Å². The molecular weight excluding hydrogens is 512 g/mol. The summed E-state index contributed by atoms with van der Waals surface area (Å²) in [6.07, 6.45) is 5.59. The Kier molecular flexibility index (Phi) is 7.50. The first-order valence-electron chi connectivity index (χ1n) is 13.4. The van der Waals surface area contributed by atoms with Crippen molar-refractivity contribution in [3.8, 4) is 22.3 Å². The first-order valence-corrected chi connectivity index (χ1v) is 14.4. The molecule has 2 heterocycles. The molecule has 2 aliphatic carbocycles. The van der Waals surface area contributed by atoms with Crippen molar-refractivity contribution in [3.63, 3.8) is 0 Å². The zero-order valence-corrected chi connectivity index (χ0v) is 23.2. The molecule has 1 aromatic carbocycles. The van der Waals surface area contributed by atoms with Crippen molar-refractivity contribution in [1.29, 1.82) is 0 Å². The van der Waals surface area contributed by atoms with Crippen LogP contribution < -0.4 is 11.1 Å². The van der Waals surface area contributed by atoms with Gasteiger partial charge in [0.1, 0.15) is 5.82 Å². The Labute approximate surface area is 232 Å². The SMILES string of the molecule is CN(C(=O)O)[C@H]1CC[C@H](CC(=O)Nc2cc(-c3ccsc3)c(-c3ccc([C@]4(N)C[C@](C)(O)C4)cc3)cn2)CC1. The van der Waals surface area contributed by atoms with Crippen molar-refractivity contribution >= 4 is 29.2 Å². The fourth-order valence-corrected chi connectivity index (χ4v) is 6.91. The van der Waals surface area contributed by atoms with Crippen molar-refractivity contribution < 1.29 is 19.8 Å². The van der Waals surface area contributed by atoms with E-state index in [0.29, 0.717) is 25.1 Å². The minimum Gasteiger partial charge on any atom is -0.465 e. The van der Waals surface area contributed by atoms with Crippen LogP contribution in [0, 0.1) is 5.92 Å². The van der Waals surface area contributed by atoms with Gasteiger partial charge in [0.25, 0.3) is 0 Å². The predicted octanol–water partition coefficient (Wildman–Crippen LogP) is 5.67. The van der Waals surface area contributed by atoms with Gasteiger partial charge in [0.05, 0.1) is 5.60 Å². The fraction of sp³-hybridized carbons (Fsp3) is 0.433. The number of aliphatic hydroxyl groups is 1. The van der Waals surface area contributed by atoms with Crippen molar-refractivity contribution in [1.82, 2.24) is 9.88 Å². The lowest BCUT2D eigenvalue weighted by Crippen LogP contribution is -2.58. The summed E-state index contributed by atoms with van der Waals surface area (Å²) in [5, 5.41) is 26.5. The molecule has 5 N–H and O–H groups in total. The van der Waals surface area contributed by atoms with E-state index in [1.807, 2.05) is 42.6 Å². The number of amides is 2. The number of hydrogen-bond donors (Lipinski definition) is 4. The average molecular weight is 549 g/mol. The smallest absolute Gasteiger partial charge is 0.407 e. The summed E-state index contributed by atoms with van der Waals surface area (Å²) in [5.74, 6) is 0.678. The molecule has 0 saturated heterocycles. The summed E-state index contributed by atoms with van der Waals surface area (Å²) >= 11 is 1.61. The maximum Gasteiger partial charge on any atom is 0.407 e. The second-order valence-electron chi connectivity index (χ2n) is 11.5. The van der Waals surface area contributed by atoms with Crippen molar-refractivity contribution in [2.45, 2.75) is 69.1 Å². The molecule has 0 aliphatic heterocycles. The van der Waals surface area contributed by atoms with Crippen LogP contribution in [0.5, 0.6) is 0 Å². The van der Waals surface area contributed by atoms with Gasteiger partial charge < -0.3 is 26.2 Å². The summed E-state index contributed by atoms with van der Waals surface area (Å²) in [7, 11) is 1.61. The van der Waals surface area contributed by atoms with Crippen LogP contribution in [0.15, 0.2) is 53.4 Å². The molecule has 2 fully saturated rings. The third kappa shape index (κ3) is 6.00. The quantitative estimate of drug-likeness (QED) is 0.301. The number of nitrogens with one attached hydrogen (secondary N) is 1. The summed E-state index contributed by atoms with van der Waals surface area (Å²) in [5.41, 5.74) is 10.3. The number of pyridine rings is 1. The fourth-order valence-electron chi connectivity index (χ4n) is 6.25. The highest BCUT2D eigenvalue weighted by Gasteiger charge is 2.49. The number of nitrogens with zero attached hydrogens (tertiary/aromatic N) is 2. The van der Waals surface area contributed by atoms with Gasteiger partial charge in [-0.2, -0.15) is 11.3 Å². The molecular formula is C30H36N4O4S. The number of carbonyl (C=O) groups is 2. The Hall–Kier alpha value is -3.27. The highest BCUT2D eigenvalue weighted by Crippen LogP contribution is 2.46. The lowest BCUT2D eigenvalue weighted by atomic mass is 9.63. The number of carboxylic acid groups (broad SMARTS) is 1. The van der Waals surface area contributed by atoms with Gasteiger partial charge in [-0.05, 0) is 96.5 Å². The number of rotatable bonds is 7. The zero-order chi connectivity index (χ0) is 27.8. The van der Waals surface area contributed by atoms with Gasteiger partial charge >= 0.3 is 6.09 Å². The van der Waals surface area contributed by atoms with E-state index in [0.717, 1.165) is 53.5 Å². The molecule has 5 rings (SSSR count). The van der Waals surface area contributed by atoms with E-state index in [9.17, 15) is 19.8 Å². The summed E-state index contributed by atoms with van der Waals surface area (Å²) in [6, 6.07) is 12.1. The lowest BCUT2D eigenvalue weighted by molar-refractivity contribution is -0.117. The third-order valence-corrected chi connectivity index (χ3v) is 8.99. The normalized spacial score (nSPS) is 26.5. The number of thiophene rings is 1. The average Bonchev–Trinajstić information content (AvgIpc) is 3.42. The number of anilines is 1. The van der Waals surface area contributed by atoms with Crippen molar-refractivity contribution in [3.05, 3.63) is 58.9 Å². The van der Waals surface area contributed by atoms with Crippen molar-refractivity contribution in [2.24, 2.45) is 11.7 Å². The molecule has 3 aromatic rings. The highest BCUT2D eigenvalue weighted by molar-refractivity contribution is 7.08. The molecule has 8 nitrogen and oxygen atoms in total. The molecule has 0 unspecified atom stereocenters. The van der Waals surface area contributed by atoms with E-state index >= 15 is 0 Å². The van der Waals surface area contributed by atoms with E-state index in [1.165, 1.54) is 4.90 Å². The molecule has 2 aliphatic rings. The van der Waals surface area contributed by atoms with E-state index < -0.39 is 17.2 Å². The molecule has 0 spiro atoms. The van der Waals surface area contributed by atoms with Crippen LogP contribution in [0.2, 0.25) is 0 Å². The number of hydrogen-bond acceptors (Lipinski definition) is 6. The topological polar surface area (TPSA) is 129 Å². The van der Waals surface area contributed by atoms with E-state index in [4.69, 9.17) is 5.73 Å². The molecule has 0 radical (unpaired) electrons. The largest absolute Gasteiger partial charge is 0.465 e. The monoisotopic (exact) mass is 548 g/mol. The van der Waals surface area contributed by atoms with Gasteiger partial charge in [0.2, 0.25) is 5.91 Å². The molecule has 2 aromatic heterocycles. The van der Waals surface area contributed by atoms with E-state index in [-0.39, 0.29) is 17.9 Å². The van der Waals surface area contributed by atoms with Gasteiger partial charge in [0, 0.05) is 36.8 Å². The Morgan fingerprint density at radius 3 is 2.38 bits per heavy atom. The van der Waals surface area contributed by atoms with Crippen LogP contribution in [-0.4, -0.2) is 50.8 Å². The molecule has 2 saturated carbocycles. The summed E-state index contributed by atoms with van der Waals surface area (Å²) in [4.78, 5) is 30.1. The molecule has 206 valence electrons. The van der Waals surface area contributed by atoms with Crippen LogP contribution in [0.25, 0.3) is 22.3 Å². The van der Waals surface area contributed by atoms with Crippen molar-refractivity contribution in [2.75, 3.05) is 12.4 Å². The van der Waals surface area contributed by atoms with E-state index in [1.54, 1.807) is 24.6 Å².